The Morgan fingerprint density at radius 1 is 0.615 bits per heavy atom. The van der Waals surface area contributed by atoms with Gasteiger partial charge >= 0.3 is 0 Å². The monoisotopic (exact) mass is 463 g/mol. The van der Waals surface area contributed by atoms with E-state index in [1.807, 2.05) is 0 Å². The summed E-state index contributed by atoms with van der Waals surface area (Å²) in [6.45, 7) is 0. The fraction of sp³-hybridized carbons (Fsp3) is 0.0526. The zero-order chi connectivity index (χ0) is 19.0. The van der Waals surface area contributed by atoms with Gasteiger partial charge in [0.1, 0.15) is 0 Å². The van der Waals surface area contributed by atoms with E-state index in [4.69, 9.17) is 69.6 Å². The van der Waals surface area contributed by atoms with Crippen molar-refractivity contribution >= 4 is 69.6 Å². The molecule has 0 spiro atoms. The van der Waals surface area contributed by atoms with E-state index in [2.05, 4.69) is 0 Å². The topological polar surface area (TPSA) is 19.9 Å². The number of halogens is 6. The number of hydrogen-bond donors (Lipinski definition) is 0. The second-order valence-corrected chi connectivity index (χ2v) is 8.14. The molecule has 0 aliphatic carbocycles. The molecule has 1 radical (unpaired) electrons. The third kappa shape index (κ3) is 4.36. The van der Waals surface area contributed by atoms with E-state index in [0.717, 1.165) is 5.56 Å². The van der Waals surface area contributed by atoms with Gasteiger partial charge in [0.15, 0.2) is 5.75 Å². The summed E-state index contributed by atoms with van der Waals surface area (Å²) < 4.78 is 0. The molecule has 3 aromatic carbocycles. The molecule has 3 aromatic rings. The van der Waals surface area contributed by atoms with Gasteiger partial charge in [-0.1, -0.05) is 69.6 Å². The normalized spacial score (nSPS) is 11.0. The molecule has 0 aromatic heterocycles. The Morgan fingerprint density at radius 2 is 1.12 bits per heavy atom. The van der Waals surface area contributed by atoms with Crippen LogP contribution in [0.15, 0.2) is 42.5 Å². The van der Waals surface area contributed by atoms with Gasteiger partial charge in [0, 0.05) is 37.6 Å². The molecule has 0 aliphatic rings. The SMILES string of the molecule is [O]c1cc(-c2cc(Cl)cc(Cl)c2)c(Cl)c(Cl)c1Cc1cc(Cl)cc(Cl)c1. The molecular formula is C19H9Cl6O. The van der Waals surface area contributed by atoms with Crippen molar-refractivity contribution in [2.24, 2.45) is 0 Å². The summed E-state index contributed by atoms with van der Waals surface area (Å²) in [7, 11) is 0. The molecule has 0 N–H and O–H groups in total. The highest BCUT2D eigenvalue weighted by atomic mass is 35.5. The van der Waals surface area contributed by atoms with Crippen molar-refractivity contribution in [1.29, 1.82) is 0 Å². The van der Waals surface area contributed by atoms with Crippen molar-refractivity contribution in [2.75, 3.05) is 0 Å². The Bertz CT molecular complexity index is 959. The van der Waals surface area contributed by atoms with Crippen LogP contribution in [0.25, 0.3) is 11.1 Å². The summed E-state index contributed by atoms with van der Waals surface area (Å²) in [5.41, 5.74) is 2.21. The smallest absolute Gasteiger partial charge is 0.184 e. The van der Waals surface area contributed by atoms with Gasteiger partial charge in [0.2, 0.25) is 0 Å². The molecule has 0 unspecified atom stereocenters. The number of rotatable bonds is 3. The third-order valence-electron chi connectivity index (χ3n) is 3.74. The van der Waals surface area contributed by atoms with E-state index in [1.54, 1.807) is 36.4 Å². The molecule has 0 amide bonds. The minimum absolute atomic E-state index is 0.182. The Kier molecular flexibility index (Phi) is 6.18. The molecule has 7 heteroatoms. The first-order valence-electron chi connectivity index (χ1n) is 7.34. The Balaban J connectivity index is 2.08. The lowest BCUT2D eigenvalue weighted by molar-refractivity contribution is 0.351. The second kappa shape index (κ2) is 8.06. The van der Waals surface area contributed by atoms with Gasteiger partial charge in [-0.05, 0) is 53.6 Å². The minimum atomic E-state index is -0.249. The van der Waals surface area contributed by atoms with Crippen molar-refractivity contribution in [3.05, 3.63) is 83.7 Å². The standard InChI is InChI=1S/C19H9Cl6O/c20-11-1-9(2-12(21)6-11)3-16-17(26)8-15(18(24)19(16)25)10-4-13(22)7-14(23)5-10/h1-2,4-8H,3H2. The van der Waals surface area contributed by atoms with E-state index in [0.29, 0.717) is 36.8 Å². The van der Waals surface area contributed by atoms with Crippen LogP contribution in [0.1, 0.15) is 11.1 Å². The fourth-order valence-electron chi connectivity index (χ4n) is 2.64. The zero-order valence-electron chi connectivity index (χ0n) is 12.9. The van der Waals surface area contributed by atoms with Crippen LogP contribution in [-0.4, -0.2) is 0 Å². The van der Waals surface area contributed by atoms with E-state index in [9.17, 15) is 5.11 Å². The van der Waals surface area contributed by atoms with Gasteiger partial charge in [-0.3, -0.25) is 5.11 Å². The molecule has 0 heterocycles. The van der Waals surface area contributed by atoms with Gasteiger partial charge in [-0.2, -0.15) is 0 Å². The Labute approximate surface area is 181 Å². The first kappa shape index (κ1) is 19.9. The highest BCUT2D eigenvalue weighted by Gasteiger charge is 2.19. The van der Waals surface area contributed by atoms with Crippen LogP contribution >= 0.6 is 69.6 Å². The summed E-state index contributed by atoms with van der Waals surface area (Å²) >= 11 is 36.9. The maximum absolute atomic E-state index is 12.7. The highest BCUT2D eigenvalue weighted by molar-refractivity contribution is 6.44. The van der Waals surface area contributed by atoms with Gasteiger partial charge in [-0.25, -0.2) is 0 Å². The maximum Gasteiger partial charge on any atom is 0.184 e. The second-order valence-electron chi connectivity index (χ2n) is 5.64. The molecule has 0 aliphatic heterocycles. The van der Waals surface area contributed by atoms with Crippen LogP contribution in [0.2, 0.25) is 30.1 Å². The third-order valence-corrected chi connectivity index (χ3v) is 5.52. The van der Waals surface area contributed by atoms with Gasteiger partial charge in [0.25, 0.3) is 0 Å². The first-order valence-corrected chi connectivity index (χ1v) is 9.60. The Hall–Kier alpha value is -0.800. The lowest BCUT2D eigenvalue weighted by Crippen LogP contribution is -1.93. The van der Waals surface area contributed by atoms with Crippen LogP contribution in [0.4, 0.5) is 0 Å². The minimum Gasteiger partial charge on any atom is -0.290 e. The lowest BCUT2D eigenvalue weighted by atomic mass is 9.99. The predicted molar refractivity (Wildman–Crippen MR) is 111 cm³/mol. The quantitative estimate of drug-likeness (QED) is 0.367. The van der Waals surface area contributed by atoms with Gasteiger partial charge in [0.05, 0.1) is 10.0 Å². The van der Waals surface area contributed by atoms with Crippen molar-refractivity contribution < 1.29 is 5.11 Å². The summed E-state index contributed by atoms with van der Waals surface area (Å²) in [5, 5.41) is 14.9. The van der Waals surface area contributed by atoms with Crippen molar-refractivity contribution in [1.82, 2.24) is 0 Å². The lowest BCUT2D eigenvalue weighted by Gasteiger charge is -2.13. The maximum atomic E-state index is 12.7. The van der Waals surface area contributed by atoms with Crippen molar-refractivity contribution in [3.8, 4) is 16.9 Å². The average Bonchev–Trinajstić information content (AvgIpc) is 2.53. The van der Waals surface area contributed by atoms with Crippen LogP contribution < -0.4 is 0 Å². The molecule has 3 rings (SSSR count). The molecule has 0 bridgehead atoms. The van der Waals surface area contributed by atoms with Crippen LogP contribution in [0.3, 0.4) is 0 Å². The summed E-state index contributed by atoms with van der Waals surface area (Å²) in [6, 6.07) is 11.4. The summed E-state index contributed by atoms with van der Waals surface area (Å²) in [5.74, 6) is -0.249. The van der Waals surface area contributed by atoms with E-state index < -0.39 is 0 Å². The van der Waals surface area contributed by atoms with Gasteiger partial charge in [-0.15, -0.1) is 0 Å². The summed E-state index contributed by atoms with van der Waals surface area (Å²) in [6.07, 6.45) is 0.258. The van der Waals surface area contributed by atoms with E-state index in [-0.39, 0.29) is 22.2 Å². The molecule has 0 atom stereocenters. The average molecular weight is 466 g/mol. The molecule has 0 saturated heterocycles. The van der Waals surface area contributed by atoms with Gasteiger partial charge < -0.3 is 0 Å². The molecule has 26 heavy (non-hydrogen) atoms. The van der Waals surface area contributed by atoms with E-state index in [1.165, 1.54) is 6.07 Å². The number of benzene rings is 3. The zero-order valence-corrected chi connectivity index (χ0v) is 17.5. The molecule has 133 valence electrons. The highest BCUT2D eigenvalue weighted by Crippen LogP contribution is 2.43. The molecule has 0 saturated carbocycles. The van der Waals surface area contributed by atoms with Crippen LogP contribution in [0.5, 0.6) is 5.75 Å². The number of hydrogen-bond acceptors (Lipinski definition) is 0. The first-order chi connectivity index (χ1) is 12.2. The predicted octanol–water partition coefficient (Wildman–Crippen LogP) is 9.01. The van der Waals surface area contributed by atoms with Crippen molar-refractivity contribution in [3.63, 3.8) is 0 Å². The fourth-order valence-corrected chi connectivity index (χ4v) is 4.28. The van der Waals surface area contributed by atoms with Crippen LogP contribution in [0, 0.1) is 0 Å². The summed E-state index contributed by atoms with van der Waals surface area (Å²) in [4.78, 5) is 0. The molecular weight excluding hydrogens is 457 g/mol. The molecule has 1 nitrogen and oxygen atoms in total. The van der Waals surface area contributed by atoms with E-state index >= 15 is 0 Å². The largest absolute Gasteiger partial charge is 0.290 e. The van der Waals surface area contributed by atoms with Crippen LogP contribution in [-0.2, 0) is 11.5 Å². The Morgan fingerprint density at radius 3 is 1.65 bits per heavy atom. The molecule has 0 fully saturated rings. The van der Waals surface area contributed by atoms with Crippen molar-refractivity contribution in [2.45, 2.75) is 6.42 Å².